The van der Waals surface area contributed by atoms with E-state index in [2.05, 4.69) is 31.4 Å². The van der Waals surface area contributed by atoms with E-state index in [1.54, 1.807) is 18.5 Å². The monoisotopic (exact) mass is 364 g/mol. The largest absolute Gasteiger partial charge is 0.340 e. The third kappa shape index (κ3) is 4.28. The molecule has 0 amide bonds. The van der Waals surface area contributed by atoms with Crippen LogP contribution in [0.25, 0.3) is 0 Å². The van der Waals surface area contributed by atoms with E-state index in [-0.39, 0.29) is 6.04 Å². The van der Waals surface area contributed by atoms with Crippen LogP contribution in [0, 0.1) is 6.92 Å². The van der Waals surface area contributed by atoms with Gasteiger partial charge in [-0.3, -0.25) is 4.90 Å². The summed E-state index contributed by atoms with van der Waals surface area (Å²) < 4.78 is 1.99. The van der Waals surface area contributed by atoms with E-state index in [0.29, 0.717) is 5.95 Å². The van der Waals surface area contributed by atoms with Gasteiger partial charge in [0.25, 0.3) is 0 Å². The van der Waals surface area contributed by atoms with Crippen molar-refractivity contribution >= 4 is 11.8 Å². The van der Waals surface area contributed by atoms with Gasteiger partial charge in [-0.1, -0.05) is 6.42 Å². The topological polar surface area (TPSA) is 84.7 Å². The Bertz CT molecular complexity index is 892. The molecule has 0 aliphatic carbocycles. The number of piperidine rings is 1. The van der Waals surface area contributed by atoms with Crippen LogP contribution in [0.1, 0.15) is 42.5 Å². The van der Waals surface area contributed by atoms with Gasteiger partial charge < -0.3 is 9.88 Å². The number of hydrogen-bond donors (Lipinski definition) is 1. The Balaban J connectivity index is 1.58. The highest BCUT2D eigenvalue weighted by atomic mass is 15.2. The lowest BCUT2D eigenvalue weighted by Gasteiger charge is -2.34. The van der Waals surface area contributed by atoms with Gasteiger partial charge in [0.05, 0.1) is 18.1 Å². The summed E-state index contributed by atoms with van der Waals surface area (Å²) >= 11 is 0. The fourth-order valence-corrected chi connectivity index (χ4v) is 3.51. The average Bonchev–Trinajstić information content (AvgIpc) is 3.07. The second kappa shape index (κ2) is 7.79. The summed E-state index contributed by atoms with van der Waals surface area (Å²) in [5.41, 5.74) is 2.01. The van der Waals surface area contributed by atoms with Crippen molar-refractivity contribution in [2.75, 3.05) is 11.9 Å². The first kappa shape index (κ1) is 17.5. The maximum absolute atomic E-state index is 4.78. The Kier molecular flexibility index (Phi) is 5.06. The van der Waals surface area contributed by atoms with Crippen molar-refractivity contribution in [1.82, 2.24) is 34.4 Å². The normalized spacial score (nSPS) is 17.8. The zero-order valence-corrected chi connectivity index (χ0v) is 15.7. The lowest BCUT2D eigenvalue weighted by atomic mass is 10.0. The smallest absolute Gasteiger partial charge is 0.228 e. The van der Waals surface area contributed by atoms with Gasteiger partial charge >= 0.3 is 0 Å². The first-order chi connectivity index (χ1) is 13.2. The maximum atomic E-state index is 4.78. The molecule has 4 heterocycles. The average molecular weight is 364 g/mol. The first-order valence-corrected chi connectivity index (χ1v) is 9.28. The molecule has 8 nitrogen and oxygen atoms in total. The molecule has 1 aliphatic rings. The SMILES string of the molecule is Cc1cc(Nc2ncccn2)nc([C@@H]2CCCCN2Cc2cn(C)cn2)n1. The van der Waals surface area contributed by atoms with E-state index in [1.807, 2.05) is 30.9 Å². The number of likely N-dealkylation sites (tertiary alicyclic amines) is 1. The molecule has 1 atom stereocenters. The molecule has 27 heavy (non-hydrogen) atoms. The van der Waals surface area contributed by atoms with Gasteiger partial charge in [-0.05, 0) is 32.4 Å². The highest BCUT2D eigenvalue weighted by Crippen LogP contribution is 2.31. The molecule has 1 saturated heterocycles. The van der Waals surface area contributed by atoms with E-state index < -0.39 is 0 Å². The predicted octanol–water partition coefficient (Wildman–Crippen LogP) is 2.78. The zero-order valence-electron chi connectivity index (χ0n) is 15.7. The Morgan fingerprint density at radius 3 is 2.78 bits per heavy atom. The summed E-state index contributed by atoms with van der Waals surface area (Å²) in [5, 5.41) is 3.18. The molecule has 3 aromatic heterocycles. The molecule has 4 rings (SSSR count). The Morgan fingerprint density at radius 1 is 1.15 bits per heavy atom. The minimum atomic E-state index is 0.192. The van der Waals surface area contributed by atoms with Crippen LogP contribution in [0.4, 0.5) is 11.8 Å². The van der Waals surface area contributed by atoms with Crippen LogP contribution in [0.2, 0.25) is 0 Å². The highest BCUT2D eigenvalue weighted by Gasteiger charge is 2.27. The van der Waals surface area contributed by atoms with Crippen LogP contribution in [0.5, 0.6) is 0 Å². The predicted molar refractivity (Wildman–Crippen MR) is 102 cm³/mol. The lowest BCUT2D eigenvalue weighted by molar-refractivity contribution is 0.132. The van der Waals surface area contributed by atoms with Crippen LogP contribution < -0.4 is 5.32 Å². The number of nitrogens with zero attached hydrogens (tertiary/aromatic N) is 7. The molecule has 140 valence electrons. The minimum Gasteiger partial charge on any atom is -0.340 e. The molecular formula is C19H24N8. The summed E-state index contributed by atoms with van der Waals surface area (Å²) in [6.45, 7) is 3.84. The fourth-order valence-electron chi connectivity index (χ4n) is 3.51. The Labute approximate surface area is 158 Å². The molecule has 1 aliphatic heterocycles. The molecule has 0 bridgehead atoms. The summed E-state index contributed by atoms with van der Waals surface area (Å²) in [4.78, 5) is 24.9. The van der Waals surface area contributed by atoms with Gasteiger partial charge in [-0.15, -0.1) is 0 Å². The Morgan fingerprint density at radius 2 is 2.00 bits per heavy atom. The molecule has 8 heteroatoms. The van der Waals surface area contributed by atoms with Crippen molar-refractivity contribution in [3.05, 3.63) is 54.3 Å². The number of nitrogens with one attached hydrogen (secondary N) is 1. The molecule has 0 spiro atoms. The summed E-state index contributed by atoms with van der Waals surface area (Å²) in [5.74, 6) is 2.12. The molecule has 3 aromatic rings. The van der Waals surface area contributed by atoms with Crippen molar-refractivity contribution in [2.24, 2.45) is 7.05 Å². The molecule has 0 radical (unpaired) electrons. The van der Waals surface area contributed by atoms with Crippen molar-refractivity contribution in [2.45, 2.75) is 38.8 Å². The number of rotatable bonds is 5. The van der Waals surface area contributed by atoms with Crippen molar-refractivity contribution < 1.29 is 0 Å². The molecular weight excluding hydrogens is 340 g/mol. The first-order valence-electron chi connectivity index (χ1n) is 9.28. The number of anilines is 2. The van der Waals surface area contributed by atoms with Crippen LogP contribution in [0.3, 0.4) is 0 Å². The number of aromatic nitrogens is 6. The third-order valence-corrected chi connectivity index (χ3v) is 4.71. The molecule has 0 unspecified atom stereocenters. The quantitative estimate of drug-likeness (QED) is 0.745. The van der Waals surface area contributed by atoms with Crippen LogP contribution in [-0.2, 0) is 13.6 Å². The van der Waals surface area contributed by atoms with E-state index >= 15 is 0 Å². The molecule has 1 N–H and O–H groups in total. The van der Waals surface area contributed by atoms with Crippen molar-refractivity contribution in [1.29, 1.82) is 0 Å². The Hall–Kier alpha value is -2.87. The molecule has 0 saturated carbocycles. The van der Waals surface area contributed by atoms with Gasteiger partial charge in [0.1, 0.15) is 11.6 Å². The van der Waals surface area contributed by atoms with Crippen LogP contribution >= 0.6 is 0 Å². The van der Waals surface area contributed by atoms with Gasteiger partial charge in [0, 0.05) is 43.9 Å². The maximum Gasteiger partial charge on any atom is 0.228 e. The van der Waals surface area contributed by atoms with E-state index in [0.717, 1.165) is 42.5 Å². The van der Waals surface area contributed by atoms with E-state index in [1.165, 1.54) is 12.8 Å². The number of aryl methyl sites for hydroxylation is 2. The van der Waals surface area contributed by atoms with Crippen LogP contribution in [0.15, 0.2) is 37.1 Å². The second-order valence-electron chi connectivity index (χ2n) is 6.96. The highest BCUT2D eigenvalue weighted by molar-refractivity contribution is 5.47. The fraction of sp³-hybridized carbons (Fsp3) is 0.421. The van der Waals surface area contributed by atoms with Gasteiger partial charge in [0.2, 0.25) is 5.95 Å². The van der Waals surface area contributed by atoms with E-state index in [4.69, 9.17) is 9.97 Å². The number of imidazole rings is 1. The third-order valence-electron chi connectivity index (χ3n) is 4.71. The van der Waals surface area contributed by atoms with Crippen molar-refractivity contribution in [3.63, 3.8) is 0 Å². The van der Waals surface area contributed by atoms with E-state index in [9.17, 15) is 0 Å². The molecule has 1 fully saturated rings. The lowest BCUT2D eigenvalue weighted by Crippen LogP contribution is -2.34. The van der Waals surface area contributed by atoms with Crippen LogP contribution in [-0.4, -0.2) is 40.9 Å². The van der Waals surface area contributed by atoms with Crippen molar-refractivity contribution in [3.8, 4) is 0 Å². The minimum absolute atomic E-state index is 0.192. The van der Waals surface area contributed by atoms with Gasteiger partial charge in [0.15, 0.2) is 0 Å². The zero-order chi connectivity index (χ0) is 18.6. The second-order valence-corrected chi connectivity index (χ2v) is 6.96. The van der Waals surface area contributed by atoms with Gasteiger partial charge in [-0.2, -0.15) is 0 Å². The number of hydrogen-bond acceptors (Lipinski definition) is 7. The summed E-state index contributed by atoms with van der Waals surface area (Å²) in [7, 11) is 2.00. The summed E-state index contributed by atoms with van der Waals surface area (Å²) in [6, 6.07) is 3.91. The summed E-state index contributed by atoms with van der Waals surface area (Å²) in [6.07, 6.45) is 10.8. The molecule has 0 aromatic carbocycles. The standard InChI is InChI=1S/C19H24N8/c1-14-10-17(25-19-20-7-5-8-21-19)24-18(23-14)16-6-3-4-9-27(16)12-15-11-26(2)13-22-15/h5,7-8,10-11,13,16H,3-4,6,9,12H2,1-2H3,(H,20,21,23,24,25)/t16-/m0/s1. The van der Waals surface area contributed by atoms with Gasteiger partial charge in [-0.25, -0.2) is 24.9 Å².